The number of fused-ring (bicyclic) bond motifs is 1. The Bertz CT molecular complexity index is 1050. The number of nitrogens with one attached hydrogen (secondary N) is 1. The molecular formula is C19H16N6O. The maximum Gasteiger partial charge on any atom is 0.250 e. The number of tetrazole rings is 1. The van der Waals surface area contributed by atoms with Crippen molar-refractivity contribution >= 4 is 22.5 Å². The number of hydrogen-bond donors (Lipinski definition) is 1. The molecule has 0 saturated carbocycles. The molecule has 0 saturated heterocycles. The van der Waals surface area contributed by atoms with Crippen molar-refractivity contribution in [1.82, 2.24) is 25.2 Å². The molecule has 0 spiro atoms. The van der Waals surface area contributed by atoms with Crippen molar-refractivity contribution in [1.29, 1.82) is 0 Å². The van der Waals surface area contributed by atoms with E-state index in [1.165, 1.54) is 4.80 Å². The van der Waals surface area contributed by atoms with Crippen LogP contribution in [-0.4, -0.2) is 31.1 Å². The summed E-state index contributed by atoms with van der Waals surface area (Å²) in [6.45, 7) is 1.73. The highest BCUT2D eigenvalue weighted by Crippen LogP contribution is 2.22. The van der Waals surface area contributed by atoms with E-state index in [1.807, 2.05) is 60.7 Å². The molecule has 2 heterocycles. The zero-order valence-corrected chi connectivity index (χ0v) is 14.1. The Morgan fingerprint density at radius 2 is 1.88 bits per heavy atom. The van der Waals surface area contributed by atoms with Gasteiger partial charge in [-0.05, 0) is 36.4 Å². The molecule has 7 heteroatoms. The fraction of sp³-hybridized carbons (Fsp3) is 0.105. The molecule has 1 unspecified atom stereocenters. The van der Waals surface area contributed by atoms with Crippen molar-refractivity contribution in [2.45, 2.75) is 13.0 Å². The predicted octanol–water partition coefficient (Wildman–Crippen LogP) is 3.09. The molecule has 0 fully saturated rings. The number of pyridine rings is 1. The van der Waals surface area contributed by atoms with Gasteiger partial charge in [0.15, 0.2) is 0 Å². The van der Waals surface area contributed by atoms with Crippen molar-refractivity contribution in [2.75, 3.05) is 5.32 Å². The second kappa shape index (κ2) is 6.72. The van der Waals surface area contributed by atoms with E-state index in [0.29, 0.717) is 11.5 Å². The first-order valence-corrected chi connectivity index (χ1v) is 8.22. The highest BCUT2D eigenvalue weighted by molar-refractivity contribution is 6.02. The van der Waals surface area contributed by atoms with E-state index in [1.54, 1.807) is 13.1 Å². The minimum absolute atomic E-state index is 0.224. The number of carbonyl (C=O) groups excluding carboxylic acids is 1. The van der Waals surface area contributed by atoms with Gasteiger partial charge < -0.3 is 5.32 Å². The molecular weight excluding hydrogens is 328 g/mol. The second-order valence-corrected chi connectivity index (χ2v) is 5.84. The third-order valence-corrected chi connectivity index (χ3v) is 4.09. The summed E-state index contributed by atoms with van der Waals surface area (Å²) in [5.74, 6) is 0.262. The Labute approximate surface area is 149 Å². The number of anilines is 1. The zero-order valence-electron chi connectivity index (χ0n) is 14.1. The third-order valence-electron chi connectivity index (χ3n) is 4.09. The third kappa shape index (κ3) is 3.02. The van der Waals surface area contributed by atoms with Gasteiger partial charge in [-0.15, -0.1) is 10.2 Å². The lowest BCUT2D eigenvalue weighted by Gasteiger charge is -2.12. The first-order valence-electron chi connectivity index (χ1n) is 8.22. The van der Waals surface area contributed by atoms with Crippen LogP contribution < -0.4 is 5.32 Å². The van der Waals surface area contributed by atoms with Crippen LogP contribution in [0.4, 0.5) is 5.69 Å². The van der Waals surface area contributed by atoms with E-state index in [4.69, 9.17) is 0 Å². The Morgan fingerprint density at radius 3 is 2.73 bits per heavy atom. The SMILES string of the molecule is CC(C(=O)Nc1cccc2ncccc12)n1nnc(-c2ccccc2)n1. The van der Waals surface area contributed by atoms with Crippen LogP contribution in [0.15, 0.2) is 66.9 Å². The highest BCUT2D eigenvalue weighted by atomic mass is 16.2. The van der Waals surface area contributed by atoms with Crippen molar-refractivity contribution in [3.8, 4) is 11.4 Å². The maximum absolute atomic E-state index is 12.6. The summed E-state index contributed by atoms with van der Waals surface area (Å²) in [5.41, 5.74) is 2.38. The normalized spacial score (nSPS) is 12.0. The standard InChI is InChI=1S/C19H16N6O/c1-13(25-23-18(22-24-25)14-7-3-2-4-8-14)19(26)21-17-11-5-10-16-15(17)9-6-12-20-16/h2-13H,1H3,(H,21,26). The molecule has 1 atom stereocenters. The van der Waals surface area contributed by atoms with Gasteiger partial charge in [0.2, 0.25) is 5.82 Å². The number of hydrogen-bond acceptors (Lipinski definition) is 5. The lowest BCUT2D eigenvalue weighted by atomic mass is 10.1. The van der Waals surface area contributed by atoms with Crippen LogP contribution in [0, 0.1) is 0 Å². The molecule has 26 heavy (non-hydrogen) atoms. The highest BCUT2D eigenvalue weighted by Gasteiger charge is 2.19. The van der Waals surface area contributed by atoms with Gasteiger partial charge in [-0.2, -0.15) is 4.80 Å². The van der Waals surface area contributed by atoms with E-state index in [9.17, 15) is 4.79 Å². The van der Waals surface area contributed by atoms with Gasteiger partial charge in [0, 0.05) is 17.1 Å². The van der Waals surface area contributed by atoms with Gasteiger partial charge in [-0.1, -0.05) is 36.4 Å². The molecule has 0 radical (unpaired) electrons. The summed E-state index contributed by atoms with van der Waals surface area (Å²) in [6, 6.07) is 18.3. The first kappa shape index (κ1) is 15.9. The summed E-state index contributed by atoms with van der Waals surface area (Å²) >= 11 is 0. The fourth-order valence-corrected chi connectivity index (χ4v) is 2.65. The van der Waals surface area contributed by atoms with Crippen LogP contribution in [0.2, 0.25) is 0 Å². The smallest absolute Gasteiger partial charge is 0.250 e. The molecule has 7 nitrogen and oxygen atoms in total. The van der Waals surface area contributed by atoms with Gasteiger partial charge in [0.05, 0.1) is 11.2 Å². The van der Waals surface area contributed by atoms with E-state index in [2.05, 4.69) is 25.7 Å². The quantitative estimate of drug-likeness (QED) is 0.615. The lowest BCUT2D eigenvalue weighted by molar-refractivity contribution is -0.119. The Hall–Kier alpha value is -3.61. The van der Waals surface area contributed by atoms with Gasteiger partial charge in [0.1, 0.15) is 6.04 Å². The molecule has 2 aromatic carbocycles. The number of rotatable bonds is 4. The predicted molar refractivity (Wildman–Crippen MR) is 98.3 cm³/mol. The summed E-state index contributed by atoms with van der Waals surface area (Å²) < 4.78 is 0. The summed E-state index contributed by atoms with van der Waals surface area (Å²) in [4.78, 5) is 18.3. The van der Waals surface area contributed by atoms with Crippen molar-refractivity contribution in [3.05, 3.63) is 66.9 Å². The number of benzene rings is 2. The molecule has 1 amide bonds. The van der Waals surface area contributed by atoms with Crippen LogP contribution in [0.25, 0.3) is 22.3 Å². The van der Waals surface area contributed by atoms with Gasteiger partial charge >= 0.3 is 0 Å². The average Bonchev–Trinajstić information content (AvgIpc) is 3.18. The molecule has 2 aromatic heterocycles. The van der Waals surface area contributed by atoms with E-state index >= 15 is 0 Å². The number of nitrogens with zero attached hydrogens (tertiary/aromatic N) is 5. The molecule has 1 N–H and O–H groups in total. The largest absolute Gasteiger partial charge is 0.324 e. The zero-order chi connectivity index (χ0) is 17.9. The Balaban J connectivity index is 1.56. The average molecular weight is 344 g/mol. The van der Waals surface area contributed by atoms with Crippen molar-refractivity contribution in [3.63, 3.8) is 0 Å². The summed E-state index contributed by atoms with van der Waals surface area (Å²) in [5, 5.41) is 16.2. The van der Waals surface area contributed by atoms with Crippen LogP contribution in [0.3, 0.4) is 0 Å². The van der Waals surface area contributed by atoms with Crippen LogP contribution in [-0.2, 0) is 4.79 Å². The molecule has 4 rings (SSSR count). The summed E-state index contributed by atoms with van der Waals surface area (Å²) in [6.07, 6.45) is 1.72. The second-order valence-electron chi connectivity index (χ2n) is 5.84. The Morgan fingerprint density at radius 1 is 1.04 bits per heavy atom. The maximum atomic E-state index is 12.6. The van der Waals surface area contributed by atoms with E-state index in [0.717, 1.165) is 16.5 Å². The molecule has 0 aliphatic rings. The van der Waals surface area contributed by atoms with Crippen LogP contribution in [0.5, 0.6) is 0 Å². The molecule has 0 aliphatic heterocycles. The minimum Gasteiger partial charge on any atom is -0.324 e. The van der Waals surface area contributed by atoms with Crippen molar-refractivity contribution < 1.29 is 4.79 Å². The molecule has 0 bridgehead atoms. The number of aromatic nitrogens is 5. The van der Waals surface area contributed by atoms with E-state index in [-0.39, 0.29) is 5.91 Å². The fourth-order valence-electron chi connectivity index (χ4n) is 2.65. The minimum atomic E-state index is -0.605. The number of amides is 1. The monoisotopic (exact) mass is 344 g/mol. The first-order chi connectivity index (χ1) is 12.7. The van der Waals surface area contributed by atoms with Gasteiger partial charge in [-0.3, -0.25) is 9.78 Å². The van der Waals surface area contributed by atoms with E-state index < -0.39 is 6.04 Å². The van der Waals surface area contributed by atoms with Crippen molar-refractivity contribution in [2.24, 2.45) is 0 Å². The number of carbonyl (C=O) groups is 1. The molecule has 4 aromatic rings. The molecule has 128 valence electrons. The molecule has 0 aliphatic carbocycles. The topological polar surface area (TPSA) is 85.6 Å². The van der Waals surface area contributed by atoms with Gasteiger partial charge in [-0.25, -0.2) is 0 Å². The summed E-state index contributed by atoms with van der Waals surface area (Å²) in [7, 11) is 0. The van der Waals surface area contributed by atoms with Gasteiger partial charge in [0.25, 0.3) is 5.91 Å². The lowest BCUT2D eigenvalue weighted by Crippen LogP contribution is -2.25. The Kier molecular flexibility index (Phi) is 4.10. The van der Waals surface area contributed by atoms with Crippen LogP contribution >= 0.6 is 0 Å². The van der Waals surface area contributed by atoms with Crippen LogP contribution in [0.1, 0.15) is 13.0 Å².